The van der Waals surface area contributed by atoms with Gasteiger partial charge >= 0.3 is 5.97 Å². The molecule has 4 rings (SSSR count). The van der Waals surface area contributed by atoms with Gasteiger partial charge < -0.3 is 4.74 Å². The number of hydrogen-bond donors (Lipinski definition) is 0. The van der Waals surface area contributed by atoms with E-state index < -0.39 is 11.7 Å². The fraction of sp³-hybridized carbons (Fsp3) is 0.158. The molecule has 4 heteroatoms. The molecule has 1 atom stereocenters. The highest BCUT2D eigenvalue weighted by molar-refractivity contribution is 5.92. The lowest BCUT2D eigenvalue weighted by Gasteiger charge is -2.51. The normalized spacial score (nSPS) is 22.6. The maximum atomic E-state index is 12.4. The van der Waals surface area contributed by atoms with Gasteiger partial charge in [-0.1, -0.05) is 60.7 Å². The zero-order valence-electron chi connectivity index (χ0n) is 12.4. The third-order valence-corrected chi connectivity index (χ3v) is 4.33. The summed E-state index contributed by atoms with van der Waals surface area (Å²) >= 11 is 0. The van der Waals surface area contributed by atoms with Crippen molar-refractivity contribution < 1.29 is 14.3 Å². The molecule has 0 bridgehead atoms. The second-order valence-electron chi connectivity index (χ2n) is 5.76. The van der Waals surface area contributed by atoms with E-state index in [0.717, 1.165) is 11.1 Å². The second-order valence-corrected chi connectivity index (χ2v) is 5.76. The topological polar surface area (TPSA) is 46.6 Å². The predicted octanol–water partition coefficient (Wildman–Crippen LogP) is 2.82. The Kier molecular flexibility index (Phi) is 3.05. The first-order chi connectivity index (χ1) is 11.2. The van der Waals surface area contributed by atoms with Gasteiger partial charge in [-0.25, -0.2) is 4.79 Å². The van der Waals surface area contributed by atoms with Crippen molar-refractivity contribution in [3.8, 4) is 0 Å². The first kappa shape index (κ1) is 13.8. The average molecular weight is 305 g/mol. The fourth-order valence-electron chi connectivity index (χ4n) is 3.30. The molecule has 0 aromatic heterocycles. The molecule has 1 spiro atoms. The summed E-state index contributed by atoms with van der Waals surface area (Å²) in [6.45, 7) is 0. The highest BCUT2D eigenvalue weighted by Gasteiger charge is 2.57. The van der Waals surface area contributed by atoms with E-state index in [1.165, 1.54) is 6.08 Å². The van der Waals surface area contributed by atoms with Gasteiger partial charge in [0.25, 0.3) is 0 Å². The number of amides is 1. The number of likely N-dealkylation sites (tertiary alicyclic amines) is 1. The summed E-state index contributed by atoms with van der Waals surface area (Å²) < 4.78 is 5.45. The van der Waals surface area contributed by atoms with Crippen molar-refractivity contribution in [3.05, 3.63) is 83.9 Å². The van der Waals surface area contributed by atoms with Gasteiger partial charge in [-0.3, -0.25) is 9.69 Å². The molecule has 0 N–H and O–H groups in total. The maximum absolute atomic E-state index is 12.4. The zero-order valence-corrected chi connectivity index (χ0v) is 12.4. The van der Waals surface area contributed by atoms with Crippen LogP contribution in [-0.2, 0) is 14.3 Å². The molecule has 1 amide bonds. The number of nitrogens with zero attached hydrogens (tertiary/aromatic N) is 1. The van der Waals surface area contributed by atoms with Crippen LogP contribution in [0.2, 0.25) is 0 Å². The van der Waals surface area contributed by atoms with E-state index in [9.17, 15) is 9.59 Å². The van der Waals surface area contributed by atoms with Crippen LogP contribution in [0.25, 0.3) is 0 Å². The van der Waals surface area contributed by atoms with Crippen molar-refractivity contribution >= 4 is 11.9 Å². The van der Waals surface area contributed by atoms with Crippen LogP contribution in [0, 0.1) is 0 Å². The molecular weight excluding hydrogens is 290 g/mol. The average Bonchev–Trinajstić information content (AvgIpc) is 2.97. The minimum atomic E-state index is -0.940. The molecule has 0 saturated carbocycles. The number of rotatable bonds is 3. The Morgan fingerprint density at radius 3 is 1.91 bits per heavy atom. The Morgan fingerprint density at radius 1 is 0.913 bits per heavy atom. The molecule has 4 nitrogen and oxygen atoms in total. The van der Waals surface area contributed by atoms with Crippen molar-refractivity contribution in [2.24, 2.45) is 0 Å². The molecule has 23 heavy (non-hydrogen) atoms. The fourth-order valence-corrected chi connectivity index (χ4v) is 3.30. The van der Waals surface area contributed by atoms with Crippen LogP contribution in [0.5, 0.6) is 0 Å². The lowest BCUT2D eigenvalue weighted by atomic mass is 9.87. The van der Waals surface area contributed by atoms with E-state index in [1.54, 1.807) is 11.0 Å². The third kappa shape index (κ3) is 2.14. The number of esters is 1. The van der Waals surface area contributed by atoms with E-state index in [4.69, 9.17) is 4.74 Å². The Labute approximate surface area is 134 Å². The number of β-lactam (4-membered cyclic amide) rings is 1. The Balaban J connectivity index is 1.81. The summed E-state index contributed by atoms with van der Waals surface area (Å²) in [5.74, 6) is -0.426. The first-order valence-electron chi connectivity index (χ1n) is 7.54. The van der Waals surface area contributed by atoms with Gasteiger partial charge in [-0.15, -0.1) is 0 Å². The summed E-state index contributed by atoms with van der Waals surface area (Å²) in [7, 11) is 0. The molecule has 2 aromatic rings. The molecule has 2 aromatic carbocycles. The van der Waals surface area contributed by atoms with Crippen LogP contribution in [0.4, 0.5) is 0 Å². The minimum Gasteiger partial charge on any atom is -0.431 e. The number of carbonyl (C=O) groups is 2. The number of benzene rings is 2. The molecule has 2 aliphatic heterocycles. The van der Waals surface area contributed by atoms with Crippen LogP contribution in [-0.4, -0.2) is 22.5 Å². The van der Waals surface area contributed by atoms with Crippen molar-refractivity contribution in [1.29, 1.82) is 0 Å². The van der Waals surface area contributed by atoms with Crippen molar-refractivity contribution in [2.45, 2.75) is 18.2 Å². The highest BCUT2D eigenvalue weighted by Crippen LogP contribution is 2.46. The van der Waals surface area contributed by atoms with Crippen LogP contribution < -0.4 is 0 Å². The zero-order chi connectivity index (χ0) is 15.9. The minimum absolute atomic E-state index is 0.0259. The molecule has 114 valence electrons. The van der Waals surface area contributed by atoms with Gasteiger partial charge in [0.15, 0.2) is 0 Å². The largest absolute Gasteiger partial charge is 0.431 e. The van der Waals surface area contributed by atoms with Crippen molar-refractivity contribution in [2.75, 3.05) is 0 Å². The summed E-state index contributed by atoms with van der Waals surface area (Å²) in [6.07, 6.45) is 3.29. The molecule has 2 aliphatic rings. The van der Waals surface area contributed by atoms with Crippen LogP contribution >= 0.6 is 0 Å². The van der Waals surface area contributed by atoms with E-state index in [1.807, 2.05) is 60.7 Å². The van der Waals surface area contributed by atoms with Gasteiger partial charge in [0.05, 0.1) is 12.5 Å². The smallest absolute Gasteiger partial charge is 0.333 e. The summed E-state index contributed by atoms with van der Waals surface area (Å²) in [4.78, 5) is 25.6. The molecule has 2 heterocycles. The van der Waals surface area contributed by atoms with E-state index in [-0.39, 0.29) is 18.4 Å². The standard InChI is InChI=1S/C19H15NO3/c21-16-13-19(12-11-17(22)23-19)20(16)18(14-7-3-1-4-8-14)15-9-5-2-6-10-15/h1-12,18H,13H2. The molecule has 1 saturated heterocycles. The second kappa shape index (κ2) is 5.09. The van der Waals surface area contributed by atoms with Gasteiger partial charge in [-0.2, -0.15) is 0 Å². The van der Waals surface area contributed by atoms with E-state index >= 15 is 0 Å². The van der Waals surface area contributed by atoms with Crippen molar-refractivity contribution in [1.82, 2.24) is 4.90 Å². The van der Waals surface area contributed by atoms with Gasteiger partial charge in [0.2, 0.25) is 11.6 Å². The lowest BCUT2D eigenvalue weighted by Crippen LogP contribution is -2.64. The molecule has 0 aliphatic carbocycles. The summed E-state index contributed by atoms with van der Waals surface area (Å²) in [6, 6.07) is 19.3. The number of hydrogen-bond acceptors (Lipinski definition) is 3. The number of ether oxygens (including phenoxy) is 1. The first-order valence-corrected chi connectivity index (χ1v) is 7.54. The summed E-state index contributed by atoms with van der Waals surface area (Å²) in [5, 5.41) is 0. The SMILES string of the molecule is O=C1C=CC2(CC(=O)N2C(c2ccccc2)c2ccccc2)O1. The molecule has 0 radical (unpaired) electrons. The number of carbonyl (C=O) groups excluding carboxylic acids is 2. The molecule has 1 unspecified atom stereocenters. The summed E-state index contributed by atoms with van der Waals surface area (Å²) in [5.41, 5.74) is 1.04. The monoisotopic (exact) mass is 305 g/mol. The highest BCUT2D eigenvalue weighted by atomic mass is 16.6. The van der Waals surface area contributed by atoms with Crippen molar-refractivity contribution in [3.63, 3.8) is 0 Å². The lowest BCUT2D eigenvalue weighted by molar-refractivity contribution is -0.202. The van der Waals surface area contributed by atoms with Crippen LogP contribution in [0.3, 0.4) is 0 Å². The molecular formula is C19H15NO3. The van der Waals surface area contributed by atoms with E-state index in [2.05, 4.69) is 0 Å². The maximum Gasteiger partial charge on any atom is 0.333 e. The molecule has 1 fully saturated rings. The third-order valence-electron chi connectivity index (χ3n) is 4.33. The Bertz CT molecular complexity index is 745. The van der Waals surface area contributed by atoms with Crippen LogP contribution in [0.1, 0.15) is 23.6 Å². The van der Waals surface area contributed by atoms with Gasteiger partial charge in [-0.05, 0) is 17.2 Å². The van der Waals surface area contributed by atoms with Gasteiger partial charge in [0.1, 0.15) is 0 Å². The van der Waals surface area contributed by atoms with Gasteiger partial charge in [0, 0.05) is 6.08 Å². The quantitative estimate of drug-likeness (QED) is 0.647. The Morgan fingerprint density at radius 2 is 1.48 bits per heavy atom. The van der Waals surface area contributed by atoms with E-state index in [0.29, 0.717) is 0 Å². The predicted molar refractivity (Wildman–Crippen MR) is 84.2 cm³/mol. The Hall–Kier alpha value is -2.88. The van der Waals surface area contributed by atoms with Crippen LogP contribution in [0.15, 0.2) is 72.8 Å².